The van der Waals surface area contributed by atoms with Crippen LogP contribution in [0.2, 0.25) is 0 Å². The van der Waals surface area contributed by atoms with Crippen LogP contribution in [-0.4, -0.2) is 59.6 Å². The second-order valence-corrected chi connectivity index (χ2v) is 6.07. The molecule has 1 N–H and O–H groups in total. The number of piperidine rings is 1. The predicted molar refractivity (Wildman–Crippen MR) is 78.4 cm³/mol. The molecule has 4 heteroatoms. The molecule has 0 unspecified atom stereocenters. The van der Waals surface area contributed by atoms with Crippen LogP contribution in [0.4, 0.5) is 0 Å². The Labute approximate surface area is 117 Å². The zero-order valence-corrected chi connectivity index (χ0v) is 12.8. The Kier molecular flexibility index (Phi) is 7.39. The molecule has 19 heavy (non-hydrogen) atoms. The van der Waals surface area contributed by atoms with E-state index in [1.54, 1.807) is 0 Å². The highest BCUT2D eigenvalue weighted by atomic mass is 16.4. The maximum Gasteiger partial charge on any atom is 0.317 e. The number of carbonyl (C=O) groups is 1. The molecule has 0 saturated carbocycles. The molecule has 0 bridgehead atoms. The third kappa shape index (κ3) is 6.39. The largest absolute Gasteiger partial charge is 0.480 e. The van der Waals surface area contributed by atoms with E-state index in [1.165, 1.54) is 19.4 Å². The van der Waals surface area contributed by atoms with Crippen LogP contribution in [-0.2, 0) is 4.79 Å². The van der Waals surface area contributed by atoms with E-state index in [-0.39, 0.29) is 6.54 Å². The lowest BCUT2D eigenvalue weighted by Gasteiger charge is -2.37. The first-order valence-corrected chi connectivity index (χ1v) is 7.71. The number of rotatable bonds is 8. The molecule has 4 nitrogen and oxygen atoms in total. The van der Waals surface area contributed by atoms with Crippen LogP contribution < -0.4 is 0 Å². The number of likely N-dealkylation sites (tertiary alicyclic amines) is 1. The lowest BCUT2D eigenvalue weighted by Crippen LogP contribution is -2.46. The Balaban J connectivity index is 2.25. The van der Waals surface area contributed by atoms with E-state index in [9.17, 15) is 4.79 Å². The average Bonchev–Trinajstić information content (AvgIpc) is 2.36. The van der Waals surface area contributed by atoms with E-state index in [2.05, 4.69) is 30.6 Å². The molecule has 0 aliphatic carbocycles. The molecule has 1 heterocycles. The summed E-state index contributed by atoms with van der Waals surface area (Å²) in [6.45, 7) is 11.1. The van der Waals surface area contributed by atoms with E-state index >= 15 is 0 Å². The number of carboxylic acid groups (broad SMARTS) is 1. The highest BCUT2D eigenvalue weighted by molar-refractivity contribution is 5.69. The van der Waals surface area contributed by atoms with Gasteiger partial charge in [0.05, 0.1) is 6.54 Å². The van der Waals surface area contributed by atoms with Crippen molar-refractivity contribution in [3.8, 4) is 0 Å². The molecule has 0 aromatic heterocycles. The lowest BCUT2D eigenvalue weighted by molar-refractivity contribution is -0.139. The van der Waals surface area contributed by atoms with Gasteiger partial charge in [0.25, 0.3) is 0 Å². The predicted octanol–water partition coefficient (Wildman–Crippen LogP) is 2.29. The van der Waals surface area contributed by atoms with E-state index < -0.39 is 5.97 Å². The van der Waals surface area contributed by atoms with Crippen molar-refractivity contribution in [3.05, 3.63) is 0 Å². The maximum absolute atomic E-state index is 10.8. The Morgan fingerprint density at radius 2 is 2.00 bits per heavy atom. The first kappa shape index (κ1) is 16.4. The Morgan fingerprint density at radius 1 is 1.37 bits per heavy atom. The van der Waals surface area contributed by atoms with Crippen LogP contribution in [0, 0.1) is 5.92 Å². The standard InChI is InChI=1S/C15H30N2O2/c1-4-17(12-15(18)19)14-7-10-16(11-8-14)9-5-6-13(2)3/h13-14H,4-12H2,1-3H3,(H,18,19). The van der Waals surface area contributed by atoms with E-state index in [4.69, 9.17) is 5.11 Å². The summed E-state index contributed by atoms with van der Waals surface area (Å²) in [6.07, 6.45) is 4.82. The second-order valence-electron chi connectivity index (χ2n) is 6.07. The van der Waals surface area contributed by atoms with E-state index in [0.29, 0.717) is 6.04 Å². The van der Waals surface area contributed by atoms with Gasteiger partial charge in [0.1, 0.15) is 0 Å². The monoisotopic (exact) mass is 270 g/mol. The molecule has 1 aliphatic heterocycles. The van der Waals surface area contributed by atoms with Crippen molar-refractivity contribution >= 4 is 5.97 Å². The van der Waals surface area contributed by atoms with Gasteiger partial charge in [-0.15, -0.1) is 0 Å². The maximum atomic E-state index is 10.8. The van der Waals surface area contributed by atoms with Crippen molar-refractivity contribution in [3.63, 3.8) is 0 Å². The van der Waals surface area contributed by atoms with Gasteiger partial charge in [-0.25, -0.2) is 0 Å². The minimum absolute atomic E-state index is 0.189. The fourth-order valence-electron chi connectivity index (χ4n) is 2.90. The number of nitrogens with zero attached hydrogens (tertiary/aromatic N) is 2. The molecular weight excluding hydrogens is 240 g/mol. The molecule has 1 aliphatic rings. The SMILES string of the molecule is CCN(CC(=O)O)C1CCN(CCCC(C)C)CC1. The van der Waals surface area contributed by atoms with Crippen LogP contribution in [0.1, 0.15) is 46.5 Å². The van der Waals surface area contributed by atoms with Crippen molar-refractivity contribution in [2.24, 2.45) is 5.92 Å². The summed E-state index contributed by atoms with van der Waals surface area (Å²) in [5, 5.41) is 8.91. The number of carboxylic acids is 1. The zero-order valence-electron chi connectivity index (χ0n) is 12.8. The molecule has 1 saturated heterocycles. The minimum atomic E-state index is -0.707. The van der Waals surface area contributed by atoms with Crippen molar-refractivity contribution in [2.75, 3.05) is 32.7 Å². The van der Waals surface area contributed by atoms with Gasteiger partial charge in [0.15, 0.2) is 0 Å². The van der Waals surface area contributed by atoms with Crippen LogP contribution in [0.15, 0.2) is 0 Å². The van der Waals surface area contributed by atoms with Gasteiger partial charge in [-0.1, -0.05) is 20.8 Å². The van der Waals surface area contributed by atoms with Gasteiger partial charge in [-0.2, -0.15) is 0 Å². The summed E-state index contributed by atoms with van der Waals surface area (Å²) in [6, 6.07) is 0.461. The molecule has 112 valence electrons. The van der Waals surface area contributed by atoms with Crippen LogP contribution >= 0.6 is 0 Å². The molecule has 0 aromatic carbocycles. The van der Waals surface area contributed by atoms with Gasteiger partial charge < -0.3 is 10.0 Å². The normalized spacial score (nSPS) is 18.4. The summed E-state index contributed by atoms with van der Waals surface area (Å²) in [5.74, 6) is 0.0879. The van der Waals surface area contributed by atoms with Crippen LogP contribution in [0.25, 0.3) is 0 Å². The van der Waals surface area contributed by atoms with Crippen molar-refractivity contribution in [1.29, 1.82) is 0 Å². The number of aliphatic carboxylic acids is 1. The van der Waals surface area contributed by atoms with Crippen molar-refractivity contribution in [1.82, 2.24) is 9.80 Å². The van der Waals surface area contributed by atoms with E-state index in [1.807, 2.05) is 0 Å². The van der Waals surface area contributed by atoms with E-state index in [0.717, 1.165) is 38.4 Å². The zero-order chi connectivity index (χ0) is 14.3. The topological polar surface area (TPSA) is 43.8 Å². The molecule has 0 atom stereocenters. The number of likely N-dealkylation sites (N-methyl/N-ethyl adjacent to an activating group) is 1. The third-order valence-corrected chi connectivity index (χ3v) is 4.07. The van der Waals surface area contributed by atoms with Gasteiger partial charge in [0.2, 0.25) is 0 Å². The molecule has 0 spiro atoms. The van der Waals surface area contributed by atoms with Crippen LogP contribution in [0.3, 0.4) is 0 Å². The van der Waals surface area contributed by atoms with Gasteiger partial charge >= 0.3 is 5.97 Å². The molecule has 0 radical (unpaired) electrons. The quantitative estimate of drug-likeness (QED) is 0.735. The Hall–Kier alpha value is -0.610. The lowest BCUT2D eigenvalue weighted by atomic mass is 10.0. The van der Waals surface area contributed by atoms with Crippen molar-refractivity contribution < 1.29 is 9.90 Å². The molecule has 0 aromatic rings. The van der Waals surface area contributed by atoms with Crippen LogP contribution in [0.5, 0.6) is 0 Å². The fourth-order valence-corrected chi connectivity index (χ4v) is 2.90. The highest BCUT2D eigenvalue weighted by Gasteiger charge is 2.24. The average molecular weight is 270 g/mol. The van der Waals surface area contributed by atoms with Crippen molar-refractivity contribution in [2.45, 2.75) is 52.5 Å². The van der Waals surface area contributed by atoms with Gasteiger partial charge in [0, 0.05) is 6.04 Å². The smallest absolute Gasteiger partial charge is 0.317 e. The third-order valence-electron chi connectivity index (χ3n) is 4.07. The summed E-state index contributed by atoms with van der Waals surface area (Å²) in [4.78, 5) is 15.5. The highest BCUT2D eigenvalue weighted by Crippen LogP contribution is 2.17. The minimum Gasteiger partial charge on any atom is -0.480 e. The van der Waals surface area contributed by atoms with Gasteiger partial charge in [-0.05, 0) is 57.8 Å². The first-order valence-electron chi connectivity index (χ1n) is 7.71. The Morgan fingerprint density at radius 3 is 2.47 bits per heavy atom. The Bertz CT molecular complexity index is 261. The second kappa shape index (κ2) is 8.54. The fraction of sp³-hybridized carbons (Fsp3) is 0.933. The molecule has 1 rings (SSSR count). The molecular formula is C15H30N2O2. The molecule has 1 fully saturated rings. The summed E-state index contributed by atoms with van der Waals surface area (Å²) in [5.41, 5.74) is 0. The summed E-state index contributed by atoms with van der Waals surface area (Å²) >= 11 is 0. The first-order chi connectivity index (χ1) is 9.02. The molecule has 0 amide bonds. The number of hydrogen-bond donors (Lipinski definition) is 1. The van der Waals surface area contributed by atoms with Gasteiger partial charge in [-0.3, -0.25) is 9.69 Å². The summed E-state index contributed by atoms with van der Waals surface area (Å²) in [7, 11) is 0. The number of hydrogen-bond acceptors (Lipinski definition) is 3. The summed E-state index contributed by atoms with van der Waals surface area (Å²) < 4.78 is 0.